The van der Waals surface area contributed by atoms with Crippen LogP contribution in [0.5, 0.6) is 0 Å². The normalized spacial score (nSPS) is 10.1. The number of carbonyl (C=O) groups is 1. The number of rotatable bonds is 2. The van der Waals surface area contributed by atoms with Gasteiger partial charge in [-0.15, -0.1) is 0 Å². The van der Waals surface area contributed by atoms with E-state index in [9.17, 15) is 4.79 Å². The van der Waals surface area contributed by atoms with Gasteiger partial charge in [0.25, 0.3) is 5.91 Å². The summed E-state index contributed by atoms with van der Waals surface area (Å²) >= 11 is 6.08. The molecule has 0 fully saturated rings. The molecule has 2 nitrogen and oxygen atoms in total. The van der Waals surface area contributed by atoms with E-state index in [2.05, 4.69) is 11.9 Å². The van der Waals surface area contributed by atoms with Gasteiger partial charge in [0, 0.05) is 16.3 Å². The summed E-state index contributed by atoms with van der Waals surface area (Å²) in [5, 5.41) is 3.50. The third-order valence-corrected chi connectivity index (χ3v) is 3.06. The van der Waals surface area contributed by atoms with E-state index in [0.29, 0.717) is 10.6 Å². The Bertz CT molecular complexity index is 437. The summed E-state index contributed by atoms with van der Waals surface area (Å²) in [6.45, 7) is 11.1. The van der Waals surface area contributed by atoms with Crippen LogP contribution in [0, 0.1) is 20.8 Å². The van der Waals surface area contributed by atoms with Crippen LogP contribution in [-0.2, 0) is 4.79 Å². The van der Waals surface area contributed by atoms with Gasteiger partial charge in [-0.25, -0.2) is 0 Å². The van der Waals surface area contributed by atoms with E-state index in [1.807, 2.05) is 26.8 Å². The fourth-order valence-corrected chi connectivity index (χ4v) is 1.67. The van der Waals surface area contributed by atoms with Crippen LogP contribution in [0.25, 0.3) is 0 Å². The molecule has 1 aromatic rings. The second kappa shape index (κ2) is 4.71. The summed E-state index contributed by atoms with van der Waals surface area (Å²) in [4.78, 5) is 11.6. The van der Waals surface area contributed by atoms with E-state index in [1.54, 1.807) is 6.92 Å². The number of carbonyl (C=O) groups excluding carboxylic acids is 1. The Hall–Kier alpha value is -1.28. The number of anilines is 1. The standard InChI is InChI=1S/C13H16ClNO/c1-7(2)13(16)15-12-9(4)8(3)6-11(14)10(12)5/h6H,1H2,2-5H3,(H,15,16). The van der Waals surface area contributed by atoms with E-state index in [1.165, 1.54) is 0 Å². The lowest BCUT2D eigenvalue weighted by Crippen LogP contribution is -2.14. The average Bonchev–Trinajstić information content (AvgIpc) is 2.21. The lowest BCUT2D eigenvalue weighted by molar-refractivity contribution is -0.112. The van der Waals surface area contributed by atoms with Crippen molar-refractivity contribution in [2.24, 2.45) is 0 Å². The summed E-state index contributed by atoms with van der Waals surface area (Å²) in [7, 11) is 0. The van der Waals surface area contributed by atoms with Crippen molar-refractivity contribution in [3.05, 3.63) is 39.9 Å². The molecule has 3 heteroatoms. The third-order valence-electron chi connectivity index (χ3n) is 2.67. The predicted octanol–water partition coefficient (Wildman–Crippen LogP) is 3.78. The molecule has 0 atom stereocenters. The van der Waals surface area contributed by atoms with Crippen molar-refractivity contribution < 1.29 is 4.79 Å². The van der Waals surface area contributed by atoms with E-state index < -0.39 is 0 Å². The molecule has 0 aliphatic heterocycles. The summed E-state index contributed by atoms with van der Waals surface area (Å²) in [6.07, 6.45) is 0. The van der Waals surface area contributed by atoms with E-state index >= 15 is 0 Å². The van der Waals surface area contributed by atoms with Crippen molar-refractivity contribution in [2.45, 2.75) is 27.7 Å². The maximum absolute atomic E-state index is 11.6. The fraction of sp³-hybridized carbons (Fsp3) is 0.308. The van der Waals surface area contributed by atoms with Gasteiger partial charge >= 0.3 is 0 Å². The lowest BCUT2D eigenvalue weighted by atomic mass is 10.0. The van der Waals surface area contributed by atoms with Gasteiger partial charge in [0.15, 0.2) is 0 Å². The molecule has 1 N–H and O–H groups in total. The monoisotopic (exact) mass is 237 g/mol. The molecule has 0 aliphatic carbocycles. The maximum Gasteiger partial charge on any atom is 0.250 e. The van der Waals surface area contributed by atoms with Crippen LogP contribution in [0.2, 0.25) is 5.02 Å². The maximum atomic E-state index is 11.6. The highest BCUT2D eigenvalue weighted by Crippen LogP contribution is 2.30. The van der Waals surface area contributed by atoms with Gasteiger partial charge in [0.05, 0.1) is 0 Å². The Balaban J connectivity index is 3.22. The first-order valence-electron chi connectivity index (χ1n) is 5.07. The SMILES string of the molecule is C=C(C)C(=O)Nc1c(C)c(C)cc(Cl)c1C. The van der Waals surface area contributed by atoms with Gasteiger partial charge in [0.2, 0.25) is 0 Å². The smallest absolute Gasteiger partial charge is 0.250 e. The zero-order chi connectivity index (χ0) is 12.5. The Labute approximate surface area is 101 Å². The number of hydrogen-bond donors (Lipinski definition) is 1. The van der Waals surface area contributed by atoms with Gasteiger partial charge < -0.3 is 5.32 Å². The first-order chi connectivity index (χ1) is 7.34. The van der Waals surface area contributed by atoms with Crippen LogP contribution < -0.4 is 5.32 Å². The molecule has 0 saturated heterocycles. The minimum absolute atomic E-state index is 0.173. The summed E-state index contributed by atoms with van der Waals surface area (Å²) in [6, 6.07) is 1.91. The van der Waals surface area contributed by atoms with Gasteiger partial charge in [-0.1, -0.05) is 18.2 Å². The molecule has 0 radical (unpaired) electrons. The highest BCUT2D eigenvalue weighted by Gasteiger charge is 2.12. The summed E-state index contributed by atoms with van der Waals surface area (Å²) in [5.74, 6) is -0.173. The lowest BCUT2D eigenvalue weighted by Gasteiger charge is -2.15. The average molecular weight is 238 g/mol. The molecule has 0 aliphatic rings. The molecule has 0 spiro atoms. The Morgan fingerprint density at radius 3 is 2.38 bits per heavy atom. The predicted molar refractivity (Wildman–Crippen MR) is 69.1 cm³/mol. The van der Waals surface area contributed by atoms with Crippen LogP contribution in [-0.4, -0.2) is 5.91 Å². The number of benzene rings is 1. The van der Waals surface area contributed by atoms with Crippen molar-refractivity contribution >= 4 is 23.2 Å². The molecule has 0 unspecified atom stereocenters. The highest BCUT2D eigenvalue weighted by molar-refractivity contribution is 6.32. The molecule has 1 aromatic carbocycles. The first-order valence-corrected chi connectivity index (χ1v) is 5.45. The van der Waals surface area contributed by atoms with Crippen LogP contribution in [0.3, 0.4) is 0 Å². The topological polar surface area (TPSA) is 29.1 Å². The quantitative estimate of drug-likeness (QED) is 0.780. The molecule has 0 saturated carbocycles. The fourth-order valence-electron chi connectivity index (χ4n) is 1.41. The van der Waals surface area contributed by atoms with Crippen molar-refractivity contribution in [3.8, 4) is 0 Å². The first kappa shape index (κ1) is 12.8. The van der Waals surface area contributed by atoms with Crippen molar-refractivity contribution in [3.63, 3.8) is 0 Å². The van der Waals surface area contributed by atoms with E-state index in [4.69, 9.17) is 11.6 Å². The van der Waals surface area contributed by atoms with Crippen molar-refractivity contribution in [2.75, 3.05) is 5.32 Å². The van der Waals surface area contributed by atoms with Gasteiger partial charge in [0.1, 0.15) is 0 Å². The Kier molecular flexibility index (Phi) is 3.76. The molecular formula is C13H16ClNO. The second-order valence-corrected chi connectivity index (χ2v) is 4.44. The summed E-state index contributed by atoms with van der Waals surface area (Å²) in [5.41, 5.74) is 4.26. The van der Waals surface area contributed by atoms with Gasteiger partial charge in [-0.05, 0) is 50.5 Å². The molecule has 0 heterocycles. The van der Waals surface area contributed by atoms with Crippen molar-refractivity contribution in [1.29, 1.82) is 0 Å². The second-order valence-electron chi connectivity index (χ2n) is 4.03. The van der Waals surface area contributed by atoms with Crippen LogP contribution in [0.15, 0.2) is 18.2 Å². The largest absolute Gasteiger partial charge is 0.322 e. The molecule has 1 amide bonds. The van der Waals surface area contributed by atoms with E-state index in [0.717, 1.165) is 22.4 Å². The highest BCUT2D eigenvalue weighted by atomic mass is 35.5. The summed E-state index contributed by atoms with van der Waals surface area (Å²) < 4.78 is 0. The molecular weight excluding hydrogens is 222 g/mol. The molecule has 16 heavy (non-hydrogen) atoms. The van der Waals surface area contributed by atoms with Crippen LogP contribution in [0.4, 0.5) is 5.69 Å². The van der Waals surface area contributed by atoms with Crippen molar-refractivity contribution in [1.82, 2.24) is 0 Å². The zero-order valence-electron chi connectivity index (χ0n) is 10.1. The molecule has 0 aromatic heterocycles. The minimum Gasteiger partial charge on any atom is -0.322 e. The molecule has 86 valence electrons. The van der Waals surface area contributed by atoms with Crippen LogP contribution >= 0.6 is 11.6 Å². The Morgan fingerprint density at radius 2 is 1.88 bits per heavy atom. The molecule has 1 rings (SSSR count). The number of nitrogens with one attached hydrogen (secondary N) is 1. The number of hydrogen-bond acceptors (Lipinski definition) is 1. The number of halogens is 1. The third kappa shape index (κ3) is 2.45. The Morgan fingerprint density at radius 1 is 1.31 bits per heavy atom. The molecule has 0 bridgehead atoms. The zero-order valence-corrected chi connectivity index (χ0v) is 10.8. The van der Waals surface area contributed by atoms with E-state index in [-0.39, 0.29) is 5.91 Å². The number of amides is 1. The van der Waals surface area contributed by atoms with Gasteiger partial charge in [-0.3, -0.25) is 4.79 Å². The number of aryl methyl sites for hydroxylation is 1. The van der Waals surface area contributed by atoms with Crippen LogP contribution in [0.1, 0.15) is 23.6 Å². The van der Waals surface area contributed by atoms with Gasteiger partial charge in [-0.2, -0.15) is 0 Å². The minimum atomic E-state index is -0.173.